The number of halogens is 1. The van der Waals surface area contributed by atoms with E-state index in [0.717, 1.165) is 6.54 Å². The van der Waals surface area contributed by atoms with E-state index in [9.17, 15) is 0 Å². The second-order valence-corrected chi connectivity index (χ2v) is 4.62. The summed E-state index contributed by atoms with van der Waals surface area (Å²) in [6, 6.07) is 0.610. The van der Waals surface area contributed by atoms with E-state index in [4.69, 9.17) is 11.6 Å². The Balaban J connectivity index is 3.19. The van der Waals surface area contributed by atoms with Gasteiger partial charge in [0.05, 0.1) is 0 Å². The summed E-state index contributed by atoms with van der Waals surface area (Å²) >= 11 is 7.50. The topological polar surface area (TPSA) is 12.0 Å². The van der Waals surface area contributed by atoms with E-state index >= 15 is 0 Å². The van der Waals surface area contributed by atoms with Crippen molar-refractivity contribution in [3.05, 3.63) is 12.2 Å². The van der Waals surface area contributed by atoms with E-state index in [2.05, 4.69) is 25.2 Å². The fourth-order valence-electron chi connectivity index (χ4n) is 0.922. The van der Waals surface area contributed by atoms with Crippen molar-refractivity contribution in [2.24, 2.45) is 0 Å². The molecule has 13 heavy (non-hydrogen) atoms. The first-order chi connectivity index (χ1) is 6.31. The standard InChI is InChI=1S/C10H20ClNS/c1-3-13-9-6-10(2)12-8-5-4-7-11/h4-5,10,12H,3,6-9H2,1-2H3/b5-4+. The maximum absolute atomic E-state index is 5.50. The maximum atomic E-state index is 5.50. The van der Waals surface area contributed by atoms with Crippen LogP contribution in [0.15, 0.2) is 12.2 Å². The molecule has 0 fully saturated rings. The average molecular weight is 222 g/mol. The van der Waals surface area contributed by atoms with Crippen molar-refractivity contribution in [3.63, 3.8) is 0 Å². The summed E-state index contributed by atoms with van der Waals surface area (Å²) in [4.78, 5) is 0. The highest BCUT2D eigenvalue weighted by Gasteiger charge is 1.97. The lowest BCUT2D eigenvalue weighted by Gasteiger charge is -2.11. The van der Waals surface area contributed by atoms with E-state index in [-0.39, 0.29) is 0 Å². The molecule has 0 saturated heterocycles. The molecule has 3 heteroatoms. The lowest BCUT2D eigenvalue weighted by atomic mass is 10.2. The molecule has 0 aromatic carbocycles. The van der Waals surface area contributed by atoms with Crippen LogP contribution in [0, 0.1) is 0 Å². The highest BCUT2D eigenvalue weighted by atomic mass is 35.5. The Hall–Kier alpha value is 0.340. The van der Waals surface area contributed by atoms with Crippen LogP contribution in [0.4, 0.5) is 0 Å². The monoisotopic (exact) mass is 221 g/mol. The molecule has 0 aliphatic heterocycles. The summed E-state index contributed by atoms with van der Waals surface area (Å²) in [6.07, 6.45) is 5.30. The highest BCUT2D eigenvalue weighted by molar-refractivity contribution is 7.99. The third-order valence-corrected chi connectivity index (χ3v) is 2.85. The molecule has 0 amide bonds. The Morgan fingerprint density at radius 2 is 2.23 bits per heavy atom. The molecule has 0 aliphatic carbocycles. The molecule has 0 heterocycles. The summed E-state index contributed by atoms with van der Waals surface area (Å²) in [6.45, 7) is 5.36. The molecule has 0 spiro atoms. The van der Waals surface area contributed by atoms with Gasteiger partial charge in [0.15, 0.2) is 0 Å². The molecule has 0 radical (unpaired) electrons. The van der Waals surface area contributed by atoms with Crippen molar-refractivity contribution in [1.29, 1.82) is 0 Å². The molecule has 78 valence electrons. The number of hydrogen-bond acceptors (Lipinski definition) is 2. The molecule has 1 unspecified atom stereocenters. The highest BCUT2D eigenvalue weighted by Crippen LogP contribution is 2.03. The van der Waals surface area contributed by atoms with Crippen LogP contribution in [-0.4, -0.2) is 30.0 Å². The predicted octanol–water partition coefficient (Wildman–Crippen LogP) is 2.90. The van der Waals surface area contributed by atoms with Crippen LogP contribution in [0.25, 0.3) is 0 Å². The Kier molecular flexibility index (Phi) is 10.7. The van der Waals surface area contributed by atoms with E-state index < -0.39 is 0 Å². The first-order valence-electron chi connectivity index (χ1n) is 4.83. The van der Waals surface area contributed by atoms with Gasteiger partial charge in [-0.05, 0) is 24.9 Å². The number of nitrogens with one attached hydrogen (secondary N) is 1. The molecule has 1 nitrogen and oxygen atoms in total. The number of allylic oxidation sites excluding steroid dienone is 1. The summed E-state index contributed by atoms with van der Waals surface area (Å²) in [7, 11) is 0. The zero-order valence-corrected chi connectivity index (χ0v) is 10.1. The second kappa shape index (κ2) is 10.4. The Morgan fingerprint density at radius 3 is 2.85 bits per heavy atom. The summed E-state index contributed by atoms with van der Waals surface area (Å²) in [5.41, 5.74) is 0. The minimum atomic E-state index is 0.610. The van der Waals surface area contributed by atoms with Crippen LogP contribution in [-0.2, 0) is 0 Å². The lowest BCUT2D eigenvalue weighted by molar-refractivity contribution is 0.571. The molecule has 0 saturated carbocycles. The van der Waals surface area contributed by atoms with Crippen LogP contribution >= 0.6 is 23.4 Å². The van der Waals surface area contributed by atoms with Gasteiger partial charge in [-0.2, -0.15) is 11.8 Å². The average Bonchev–Trinajstić information content (AvgIpc) is 2.13. The number of rotatable bonds is 8. The number of hydrogen-bond donors (Lipinski definition) is 1. The van der Waals surface area contributed by atoms with E-state index in [1.165, 1.54) is 17.9 Å². The van der Waals surface area contributed by atoms with Gasteiger partial charge in [0.25, 0.3) is 0 Å². The van der Waals surface area contributed by atoms with Gasteiger partial charge >= 0.3 is 0 Å². The third kappa shape index (κ3) is 10.3. The maximum Gasteiger partial charge on any atom is 0.0404 e. The van der Waals surface area contributed by atoms with Crippen molar-refractivity contribution >= 4 is 23.4 Å². The SMILES string of the molecule is CCSCCC(C)NC/C=C/CCl. The Bertz CT molecular complexity index is 128. The second-order valence-electron chi connectivity index (χ2n) is 2.92. The zero-order valence-electron chi connectivity index (χ0n) is 8.55. The van der Waals surface area contributed by atoms with Crippen LogP contribution in [0.3, 0.4) is 0 Å². The molecule has 1 atom stereocenters. The molecule has 0 rings (SSSR count). The van der Waals surface area contributed by atoms with Gasteiger partial charge < -0.3 is 5.32 Å². The summed E-state index contributed by atoms with van der Waals surface area (Å²) in [5, 5.41) is 3.42. The van der Waals surface area contributed by atoms with E-state index in [1.54, 1.807) is 0 Å². The largest absolute Gasteiger partial charge is 0.311 e. The van der Waals surface area contributed by atoms with Gasteiger partial charge in [0.1, 0.15) is 0 Å². The first kappa shape index (κ1) is 13.3. The van der Waals surface area contributed by atoms with Gasteiger partial charge in [0.2, 0.25) is 0 Å². The molecule has 1 N–H and O–H groups in total. The van der Waals surface area contributed by atoms with Gasteiger partial charge in [-0.1, -0.05) is 19.1 Å². The zero-order chi connectivity index (χ0) is 9.94. The number of alkyl halides is 1. The van der Waals surface area contributed by atoms with E-state index in [0.29, 0.717) is 11.9 Å². The summed E-state index contributed by atoms with van der Waals surface area (Å²) in [5.74, 6) is 3.09. The fourth-order valence-corrected chi connectivity index (χ4v) is 1.86. The summed E-state index contributed by atoms with van der Waals surface area (Å²) < 4.78 is 0. The normalized spacial score (nSPS) is 13.8. The molecule has 0 aromatic heterocycles. The minimum absolute atomic E-state index is 0.610. The van der Waals surface area contributed by atoms with Crippen molar-refractivity contribution < 1.29 is 0 Å². The lowest BCUT2D eigenvalue weighted by Crippen LogP contribution is -2.26. The molecular formula is C10H20ClNS. The van der Waals surface area contributed by atoms with Crippen LogP contribution in [0.5, 0.6) is 0 Å². The van der Waals surface area contributed by atoms with Crippen molar-refractivity contribution in [2.75, 3.05) is 23.9 Å². The smallest absolute Gasteiger partial charge is 0.0404 e. The van der Waals surface area contributed by atoms with Crippen LogP contribution in [0.2, 0.25) is 0 Å². The van der Waals surface area contributed by atoms with Gasteiger partial charge in [-0.15, -0.1) is 11.6 Å². The minimum Gasteiger partial charge on any atom is -0.311 e. The van der Waals surface area contributed by atoms with Gasteiger partial charge in [0, 0.05) is 18.5 Å². The van der Waals surface area contributed by atoms with Crippen LogP contribution < -0.4 is 5.32 Å². The first-order valence-corrected chi connectivity index (χ1v) is 6.52. The van der Waals surface area contributed by atoms with Crippen molar-refractivity contribution in [1.82, 2.24) is 5.32 Å². The third-order valence-electron chi connectivity index (χ3n) is 1.74. The molecular weight excluding hydrogens is 202 g/mol. The molecule has 0 aliphatic rings. The number of thioether (sulfide) groups is 1. The quantitative estimate of drug-likeness (QED) is 0.384. The van der Waals surface area contributed by atoms with Gasteiger partial charge in [-0.25, -0.2) is 0 Å². The fraction of sp³-hybridized carbons (Fsp3) is 0.800. The van der Waals surface area contributed by atoms with Crippen molar-refractivity contribution in [2.45, 2.75) is 26.3 Å². The molecule has 0 bridgehead atoms. The predicted molar refractivity (Wildman–Crippen MR) is 64.9 cm³/mol. The van der Waals surface area contributed by atoms with Crippen LogP contribution in [0.1, 0.15) is 20.3 Å². The molecule has 0 aromatic rings. The van der Waals surface area contributed by atoms with Gasteiger partial charge in [-0.3, -0.25) is 0 Å². The Labute approximate surface area is 91.3 Å². The van der Waals surface area contributed by atoms with Crippen molar-refractivity contribution in [3.8, 4) is 0 Å². The Morgan fingerprint density at radius 1 is 1.46 bits per heavy atom. The van der Waals surface area contributed by atoms with E-state index in [1.807, 2.05) is 17.8 Å².